The first kappa shape index (κ1) is 27.7. The van der Waals surface area contributed by atoms with E-state index in [-0.39, 0.29) is 29.6 Å². The van der Waals surface area contributed by atoms with Crippen LogP contribution in [-0.4, -0.2) is 52.0 Å². The summed E-state index contributed by atoms with van der Waals surface area (Å²) in [4.78, 5) is 24.6. The highest BCUT2D eigenvalue weighted by Crippen LogP contribution is 2.31. The molecule has 0 aliphatic carbocycles. The largest absolute Gasteiger partial charge is 0.493 e. The first-order chi connectivity index (χ1) is 17.8. The minimum atomic E-state index is -4.08. The van der Waals surface area contributed by atoms with Gasteiger partial charge in [-0.3, -0.25) is 9.59 Å². The topological polar surface area (TPSA) is 111 Å². The van der Waals surface area contributed by atoms with Gasteiger partial charge in [-0.15, -0.1) is 0 Å². The van der Waals surface area contributed by atoms with E-state index in [0.29, 0.717) is 18.0 Å². The lowest BCUT2D eigenvalue weighted by Gasteiger charge is -2.22. The standard InChI is InChI=1S/C27H30N2O7S/c1-4-36-27(31)16-20-10-12-22(13-11-20)28-26(30)19-29(18-21-8-6-5-7-9-21)37(32,33)23-14-15-24(34-2)25(17-23)35-3/h5-15,17H,4,16,18-19H2,1-3H3,(H,28,30). The summed E-state index contributed by atoms with van der Waals surface area (Å²) in [5.41, 5.74) is 1.93. The van der Waals surface area contributed by atoms with Crippen molar-refractivity contribution in [2.75, 3.05) is 32.7 Å². The fraction of sp³-hybridized carbons (Fsp3) is 0.259. The first-order valence-corrected chi connectivity index (χ1v) is 13.0. The summed E-state index contributed by atoms with van der Waals surface area (Å²) in [6.07, 6.45) is 0.122. The number of carbonyl (C=O) groups is 2. The molecule has 9 nitrogen and oxygen atoms in total. The fourth-order valence-electron chi connectivity index (χ4n) is 3.58. The zero-order valence-corrected chi connectivity index (χ0v) is 21.8. The Morgan fingerprint density at radius 2 is 1.54 bits per heavy atom. The summed E-state index contributed by atoms with van der Waals surface area (Å²) in [7, 11) is -1.21. The number of anilines is 1. The molecule has 3 aromatic carbocycles. The molecule has 0 aromatic heterocycles. The van der Waals surface area contributed by atoms with Gasteiger partial charge in [-0.05, 0) is 42.3 Å². The summed E-state index contributed by atoms with van der Waals surface area (Å²) in [5.74, 6) is -0.204. The molecule has 0 saturated heterocycles. The maximum Gasteiger partial charge on any atom is 0.310 e. The van der Waals surface area contributed by atoms with Crippen LogP contribution in [0.4, 0.5) is 5.69 Å². The van der Waals surface area contributed by atoms with Crippen molar-refractivity contribution in [2.24, 2.45) is 0 Å². The van der Waals surface area contributed by atoms with Gasteiger partial charge < -0.3 is 19.5 Å². The lowest BCUT2D eigenvalue weighted by molar-refractivity contribution is -0.142. The molecule has 0 radical (unpaired) electrons. The van der Waals surface area contributed by atoms with Crippen molar-refractivity contribution in [2.45, 2.75) is 24.8 Å². The number of benzene rings is 3. The second kappa shape index (κ2) is 12.9. The number of hydrogen-bond donors (Lipinski definition) is 1. The van der Waals surface area contributed by atoms with Crippen molar-refractivity contribution < 1.29 is 32.2 Å². The van der Waals surface area contributed by atoms with E-state index in [1.807, 2.05) is 6.07 Å². The van der Waals surface area contributed by atoms with E-state index >= 15 is 0 Å². The molecule has 0 aliphatic heterocycles. The maximum absolute atomic E-state index is 13.6. The summed E-state index contributed by atoms with van der Waals surface area (Å²) in [6, 6.07) is 20.0. The van der Waals surface area contributed by atoms with Crippen molar-refractivity contribution in [1.29, 1.82) is 0 Å². The molecule has 0 aliphatic rings. The average Bonchev–Trinajstić information content (AvgIpc) is 2.89. The molecule has 0 saturated carbocycles. The van der Waals surface area contributed by atoms with E-state index in [4.69, 9.17) is 14.2 Å². The third-order valence-electron chi connectivity index (χ3n) is 5.41. The number of amides is 1. The third kappa shape index (κ3) is 7.55. The van der Waals surface area contributed by atoms with Crippen LogP contribution in [0, 0.1) is 0 Å². The van der Waals surface area contributed by atoms with Crippen LogP contribution in [0.15, 0.2) is 77.7 Å². The predicted molar refractivity (Wildman–Crippen MR) is 139 cm³/mol. The highest BCUT2D eigenvalue weighted by Gasteiger charge is 2.28. The number of esters is 1. The van der Waals surface area contributed by atoms with Gasteiger partial charge in [0.05, 0.1) is 38.7 Å². The monoisotopic (exact) mass is 526 g/mol. The number of hydrogen-bond acceptors (Lipinski definition) is 7. The number of nitrogens with one attached hydrogen (secondary N) is 1. The first-order valence-electron chi connectivity index (χ1n) is 11.6. The Labute approximate surface area is 217 Å². The normalized spacial score (nSPS) is 11.1. The Balaban J connectivity index is 1.80. The van der Waals surface area contributed by atoms with Crippen LogP contribution in [-0.2, 0) is 37.3 Å². The van der Waals surface area contributed by atoms with Crippen molar-refractivity contribution >= 4 is 27.6 Å². The molecule has 196 valence electrons. The van der Waals surface area contributed by atoms with E-state index in [2.05, 4.69) is 5.32 Å². The summed E-state index contributed by atoms with van der Waals surface area (Å²) in [5, 5.41) is 2.72. The van der Waals surface area contributed by atoms with Crippen molar-refractivity contribution in [3.05, 3.63) is 83.9 Å². The third-order valence-corrected chi connectivity index (χ3v) is 7.19. The minimum Gasteiger partial charge on any atom is -0.493 e. The van der Waals surface area contributed by atoms with Gasteiger partial charge in [-0.25, -0.2) is 8.42 Å². The molecule has 3 aromatic rings. The maximum atomic E-state index is 13.6. The van der Waals surface area contributed by atoms with Crippen LogP contribution in [0.2, 0.25) is 0 Å². The molecule has 1 amide bonds. The molecule has 0 atom stereocenters. The Hall–Kier alpha value is -3.89. The van der Waals surface area contributed by atoms with Gasteiger partial charge in [-0.2, -0.15) is 4.31 Å². The number of ether oxygens (including phenoxy) is 3. The molecule has 0 unspecified atom stereocenters. The molecular weight excluding hydrogens is 496 g/mol. The van der Waals surface area contributed by atoms with Crippen LogP contribution in [0.5, 0.6) is 11.5 Å². The Morgan fingerprint density at radius 1 is 0.865 bits per heavy atom. The SMILES string of the molecule is CCOC(=O)Cc1ccc(NC(=O)CN(Cc2ccccc2)S(=O)(=O)c2ccc(OC)c(OC)c2)cc1. The van der Waals surface area contributed by atoms with Gasteiger partial charge in [0.1, 0.15) is 0 Å². The molecule has 0 fully saturated rings. The second-order valence-electron chi connectivity index (χ2n) is 8.00. The smallest absolute Gasteiger partial charge is 0.310 e. The predicted octanol–water partition coefficient (Wildman–Crippen LogP) is 3.64. The van der Waals surface area contributed by atoms with E-state index in [9.17, 15) is 18.0 Å². The molecule has 1 N–H and O–H groups in total. The molecule has 0 spiro atoms. The Kier molecular flexibility index (Phi) is 9.64. The van der Waals surface area contributed by atoms with Crippen LogP contribution in [0.1, 0.15) is 18.1 Å². The Morgan fingerprint density at radius 3 is 2.16 bits per heavy atom. The lowest BCUT2D eigenvalue weighted by atomic mass is 10.1. The van der Waals surface area contributed by atoms with E-state index in [1.165, 1.54) is 32.4 Å². The van der Waals surface area contributed by atoms with E-state index in [1.54, 1.807) is 55.5 Å². The van der Waals surface area contributed by atoms with Gasteiger partial charge in [0.2, 0.25) is 15.9 Å². The highest BCUT2D eigenvalue weighted by molar-refractivity contribution is 7.89. The van der Waals surface area contributed by atoms with E-state index < -0.39 is 22.5 Å². The van der Waals surface area contributed by atoms with Crippen LogP contribution < -0.4 is 14.8 Å². The van der Waals surface area contributed by atoms with Crippen LogP contribution in [0.25, 0.3) is 0 Å². The second-order valence-corrected chi connectivity index (χ2v) is 9.94. The van der Waals surface area contributed by atoms with Gasteiger partial charge in [0.15, 0.2) is 11.5 Å². The zero-order valence-electron chi connectivity index (χ0n) is 21.0. The number of sulfonamides is 1. The minimum absolute atomic E-state index is 0.0105. The van der Waals surface area contributed by atoms with Crippen molar-refractivity contribution in [3.63, 3.8) is 0 Å². The van der Waals surface area contributed by atoms with Crippen LogP contribution >= 0.6 is 0 Å². The molecule has 3 rings (SSSR count). The van der Waals surface area contributed by atoms with Gasteiger partial charge in [0.25, 0.3) is 0 Å². The molecule has 0 bridgehead atoms. The lowest BCUT2D eigenvalue weighted by Crippen LogP contribution is -2.37. The number of rotatable bonds is 12. The van der Waals surface area contributed by atoms with Gasteiger partial charge >= 0.3 is 5.97 Å². The van der Waals surface area contributed by atoms with E-state index in [0.717, 1.165) is 15.4 Å². The Bertz CT molecular complexity index is 1310. The summed E-state index contributed by atoms with van der Waals surface area (Å²) >= 11 is 0. The number of carbonyl (C=O) groups excluding carboxylic acids is 2. The number of methoxy groups -OCH3 is 2. The van der Waals surface area contributed by atoms with Crippen molar-refractivity contribution in [3.8, 4) is 11.5 Å². The molecule has 10 heteroatoms. The molecule has 37 heavy (non-hydrogen) atoms. The molecular formula is C27H30N2O7S. The van der Waals surface area contributed by atoms with Crippen LogP contribution in [0.3, 0.4) is 0 Å². The highest BCUT2D eigenvalue weighted by atomic mass is 32.2. The van der Waals surface area contributed by atoms with Gasteiger partial charge in [0, 0.05) is 18.3 Å². The molecule has 0 heterocycles. The fourth-order valence-corrected chi connectivity index (χ4v) is 4.98. The van der Waals surface area contributed by atoms with Crippen molar-refractivity contribution in [1.82, 2.24) is 4.31 Å². The summed E-state index contributed by atoms with van der Waals surface area (Å²) < 4.78 is 43.7. The number of nitrogens with zero attached hydrogens (tertiary/aromatic N) is 1. The average molecular weight is 527 g/mol. The quantitative estimate of drug-likeness (QED) is 0.359. The van der Waals surface area contributed by atoms with Gasteiger partial charge in [-0.1, -0.05) is 42.5 Å². The zero-order chi connectivity index (χ0) is 26.8. The summed E-state index contributed by atoms with van der Waals surface area (Å²) in [6.45, 7) is 1.61.